The van der Waals surface area contributed by atoms with Gasteiger partial charge in [-0.15, -0.1) is 11.8 Å². The summed E-state index contributed by atoms with van der Waals surface area (Å²) in [5, 5.41) is 7.23. The van der Waals surface area contributed by atoms with Crippen molar-refractivity contribution in [2.75, 3.05) is 24.8 Å². The van der Waals surface area contributed by atoms with Crippen molar-refractivity contribution in [2.24, 2.45) is 5.10 Å². The van der Waals surface area contributed by atoms with Crippen LogP contribution in [0.1, 0.15) is 11.1 Å². The zero-order valence-electron chi connectivity index (χ0n) is 18.5. The number of methoxy groups -OCH3 is 1. The van der Waals surface area contributed by atoms with Gasteiger partial charge in [-0.1, -0.05) is 29.8 Å². The van der Waals surface area contributed by atoms with Crippen LogP contribution >= 0.6 is 23.4 Å². The van der Waals surface area contributed by atoms with Gasteiger partial charge in [0.25, 0.3) is 5.91 Å². The number of hydrazone groups is 1. The Hall–Kier alpha value is -3.49. The maximum atomic E-state index is 12.0. The Morgan fingerprint density at radius 1 is 1.00 bits per heavy atom. The minimum absolute atomic E-state index is 0.135. The summed E-state index contributed by atoms with van der Waals surface area (Å²) in [6.07, 6.45) is 1.54. The Labute approximate surface area is 207 Å². The zero-order chi connectivity index (χ0) is 24.2. The standard InChI is InChI=1S/C25H24ClN3O4S/c1-32-22-9-7-19(8-10-22)16-34-17-25(31)29-27-14-18-5-11-23(12-6-18)33-15-24(30)28-21-4-2-3-20(26)13-21/h2-14H,15-17H2,1H3,(H,28,30)(H,29,31)/b27-14-. The van der Waals surface area contributed by atoms with Crippen molar-refractivity contribution in [1.29, 1.82) is 0 Å². The Bertz CT molecular complexity index is 1120. The molecule has 7 nitrogen and oxygen atoms in total. The molecule has 0 aliphatic rings. The molecule has 0 radical (unpaired) electrons. The second kappa shape index (κ2) is 13.3. The zero-order valence-corrected chi connectivity index (χ0v) is 20.1. The average Bonchev–Trinajstić information content (AvgIpc) is 2.84. The summed E-state index contributed by atoms with van der Waals surface area (Å²) >= 11 is 7.41. The van der Waals surface area contributed by atoms with Gasteiger partial charge in [0.1, 0.15) is 11.5 Å². The molecule has 0 aliphatic carbocycles. The van der Waals surface area contributed by atoms with Gasteiger partial charge < -0.3 is 14.8 Å². The van der Waals surface area contributed by atoms with Gasteiger partial charge >= 0.3 is 0 Å². The molecule has 3 rings (SSSR count). The normalized spacial score (nSPS) is 10.6. The van der Waals surface area contributed by atoms with Crippen molar-refractivity contribution in [3.8, 4) is 11.5 Å². The van der Waals surface area contributed by atoms with Gasteiger partial charge in [-0.25, -0.2) is 5.43 Å². The minimum atomic E-state index is -0.291. The van der Waals surface area contributed by atoms with Gasteiger partial charge in [0, 0.05) is 16.5 Å². The molecule has 0 atom stereocenters. The first-order chi connectivity index (χ1) is 16.5. The van der Waals surface area contributed by atoms with E-state index in [2.05, 4.69) is 15.8 Å². The molecule has 0 aromatic heterocycles. The first-order valence-corrected chi connectivity index (χ1v) is 11.9. The highest BCUT2D eigenvalue weighted by Gasteiger charge is 2.05. The molecule has 0 heterocycles. The van der Waals surface area contributed by atoms with Gasteiger partial charge in [-0.05, 0) is 65.7 Å². The number of thioether (sulfide) groups is 1. The second-order valence-corrected chi connectivity index (χ2v) is 8.47. The van der Waals surface area contributed by atoms with Crippen LogP contribution < -0.4 is 20.2 Å². The van der Waals surface area contributed by atoms with Crippen molar-refractivity contribution in [3.05, 3.63) is 88.9 Å². The summed E-state index contributed by atoms with van der Waals surface area (Å²) in [6, 6.07) is 21.6. The number of hydrogen-bond donors (Lipinski definition) is 2. The third-order valence-electron chi connectivity index (χ3n) is 4.42. The molecule has 0 saturated heterocycles. The molecule has 0 bridgehead atoms. The van der Waals surface area contributed by atoms with E-state index in [1.54, 1.807) is 61.9 Å². The van der Waals surface area contributed by atoms with Crippen LogP contribution in [0.25, 0.3) is 0 Å². The third-order valence-corrected chi connectivity index (χ3v) is 5.66. The summed E-state index contributed by atoms with van der Waals surface area (Å²) < 4.78 is 10.6. The Morgan fingerprint density at radius 3 is 2.44 bits per heavy atom. The monoisotopic (exact) mass is 497 g/mol. The van der Waals surface area contributed by atoms with Crippen LogP contribution in [0.3, 0.4) is 0 Å². The van der Waals surface area contributed by atoms with E-state index in [1.807, 2.05) is 24.3 Å². The first-order valence-electron chi connectivity index (χ1n) is 10.3. The Kier molecular flexibility index (Phi) is 9.81. The Balaban J connectivity index is 1.35. The predicted molar refractivity (Wildman–Crippen MR) is 137 cm³/mol. The molecule has 9 heteroatoms. The number of carbonyl (C=O) groups excluding carboxylic acids is 2. The highest BCUT2D eigenvalue weighted by atomic mass is 35.5. The fraction of sp³-hybridized carbons (Fsp3) is 0.160. The van der Waals surface area contributed by atoms with Crippen molar-refractivity contribution in [3.63, 3.8) is 0 Å². The lowest BCUT2D eigenvalue weighted by atomic mass is 10.2. The average molecular weight is 498 g/mol. The topological polar surface area (TPSA) is 89.0 Å². The highest BCUT2D eigenvalue weighted by molar-refractivity contribution is 7.99. The Morgan fingerprint density at radius 2 is 1.74 bits per heavy atom. The summed E-state index contributed by atoms with van der Waals surface area (Å²) in [5.41, 5.74) is 5.02. The summed E-state index contributed by atoms with van der Waals surface area (Å²) in [5.74, 6) is 1.89. The lowest BCUT2D eigenvalue weighted by molar-refractivity contribution is -0.119. The van der Waals surface area contributed by atoms with Crippen LogP contribution in [0.2, 0.25) is 5.02 Å². The highest BCUT2D eigenvalue weighted by Crippen LogP contribution is 2.17. The molecule has 0 spiro atoms. The van der Waals surface area contributed by atoms with Crippen LogP contribution in [0.5, 0.6) is 11.5 Å². The van der Waals surface area contributed by atoms with Crippen LogP contribution in [0.4, 0.5) is 5.69 Å². The second-order valence-electron chi connectivity index (χ2n) is 7.05. The quantitative estimate of drug-likeness (QED) is 0.295. The van der Waals surface area contributed by atoms with E-state index in [9.17, 15) is 9.59 Å². The fourth-order valence-corrected chi connectivity index (χ4v) is 3.73. The fourth-order valence-electron chi connectivity index (χ4n) is 2.76. The number of nitrogens with zero attached hydrogens (tertiary/aromatic N) is 1. The smallest absolute Gasteiger partial charge is 0.262 e. The van der Waals surface area contributed by atoms with Gasteiger partial charge in [0.2, 0.25) is 5.91 Å². The molecule has 34 heavy (non-hydrogen) atoms. The number of hydrogen-bond acceptors (Lipinski definition) is 6. The molecular formula is C25H24ClN3O4S. The molecule has 2 N–H and O–H groups in total. The molecule has 0 saturated carbocycles. The number of halogens is 1. The molecule has 3 aromatic rings. The molecule has 2 amide bonds. The number of benzene rings is 3. The lowest BCUT2D eigenvalue weighted by Gasteiger charge is -2.08. The number of anilines is 1. The van der Waals surface area contributed by atoms with E-state index < -0.39 is 0 Å². The van der Waals surface area contributed by atoms with Crippen LogP contribution in [0, 0.1) is 0 Å². The first kappa shape index (κ1) is 25.1. The van der Waals surface area contributed by atoms with E-state index in [-0.39, 0.29) is 18.4 Å². The largest absolute Gasteiger partial charge is 0.497 e. The number of carbonyl (C=O) groups is 2. The van der Waals surface area contributed by atoms with E-state index in [4.69, 9.17) is 21.1 Å². The SMILES string of the molecule is COc1ccc(CSCC(=O)N/N=C\c2ccc(OCC(=O)Nc3cccc(Cl)c3)cc2)cc1. The van der Waals surface area contributed by atoms with Crippen LogP contribution in [0.15, 0.2) is 77.9 Å². The van der Waals surface area contributed by atoms with Gasteiger partial charge in [0.15, 0.2) is 6.61 Å². The maximum absolute atomic E-state index is 12.0. The lowest BCUT2D eigenvalue weighted by Crippen LogP contribution is -2.20. The van der Waals surface area contributed by atoms with Crippen molar-refractivity contribution in [1.82, 2.24) is 5.43 Å². The van der Waals surface area contributed by atoms with Crippen molar-refractivity contribution >= 4 is 47.1 Å². The maximum Gasteiger partial charge on any atom is 0.262 e. The minimum Gasteiger partial charge on any atom is -0.497 e. The van der Waals surface area contributed by atoms with Crippen molar-refractivity contribution in [2.45, 2.75) is 5.75 Å². The van der Waals surface area contributed by atoms with E-state index in [0.717, 1.165) is 22.6 Å². The number of ether oxygens (including phenoxy) is 2. The summed E-state index contributed by atoms with van der Waals surface area (Å²) in [6.45, 7) is -0.135. The molecule has 0 fully saturated rings. The summed E-state index contributed by atoms with van der Waals surface area (Å²) in [4.78, 5) is 23.9. The van der Waals surface area contributed by atoms with Crippen LogP contribution in [-0.2, 0) is 15.3 Å². The van der Waals surface area contributed by atoms with Gasteiger partial charge in [-0.3, -0.25) is 9.59 Å². The third kappa shape index (κ3) is 8.80. The molecular weight excluding hydrogens is 474 g/mol. The van der Waals surface area contributed by atoms with E-state index in [1.165, 1.54) is 11.8 Å². The molecule has 176 valence electrons. The number of rotatable bonds is 11. The molecule has 0 unspecified atom stereocenters. The molecule has 3 aromatic carbocycles. The number of amides is 2. The molecule has 0 aliphatic heterocycles. The van der Waals surface area contributed by atoms with Crippen molar-refractivity contribution < 1.29 is 19.1 Å². The summed E-state index contributed by atoms with van der Waals surface area (Å²) in [7, 11) is 1.63. The predicted octanol–water partition coefficient (Wildman–Crippen LogP) is 4.75. The van der Waals surface area contributed by atoms with E-state index >= 15 is 0 Å². The number of nitrogens with one attached hydrogen (secondary N) is 2. The van der Waals surface area contributed by atoms with E-state index in [0.29, 0.717) is 22.2 Å². The van der Waals surface area contributed by atoms with Gasteiger partial charge in [0.05, 0.1) is 19.1 Å². The van der Waals surface area contributed by atoms with Gasteiger partial charge in [-0.2, -0.15) is 5.10 Å². The van der Waals surface area contributed by atoms with Crippen LogP contribution in [-0.4, -0.2) is 37.5 Å².